The van der Waals surface area contributed by atoms with Gasteiger partial charge in [-0.25, -0.2) is 9.97 Å². The summed E-state index contributed by atoms with van der Waals surface area (Å²) in [4.78, 5) is 8.64. The zero-order valence-electron chi connectivity index (χ0n) is 11.5. The van der Waals surface area contributed by atoms with Gasteiger partial charge in [0.2, 0.25) is 0 Å². The molecule has 4 nitrogen and oxygen atoms in total. The minimum absolute atomic E-state index is 0.457. The Balaban J connectivity index is 2.34. The van der Waals surface area contributed by atoms with Crippen LogP contribution in [-0.4, -0.2) is 17.1 Å². The second kappa shape index (κ2) is 6.29. The third kappa shape index (κ3) is 3.14. The van der Waals surface area contributed by atoms with E-state index in [0.29, 0.717) is 27.6 Å². The van der Waals surface area contributed by atoms with E-state index in [1.807, 2.05) is 19.9 Å². The van der Waals surface area contributed by atoms with E-state index in [2.05, 4.69) is 15.3 Å². The zero-order chi connectivity index (χ0) is 14.7. The van der Waals surface area contributed by atoms with Crippen molar-refractivity contribution in [1.82, 2.24) is 9.97 Å². The van der Waals surface area contributed by atoms with Crippen LogP contribution in [0.5, 0.6) is 5.75 Å². The Morgan fingerprint density at radius 1 is 1.25 bits per heavy atom. The standard InChI is InChI=1S/C14H15Cl2N3O/c1-4-12-18-13(16)8(2)14(19-12)17-9-5-6-11(20-3)10(15)7-9/h5-7H,4H2,1-3H3,(H,17,18,19). The summed E-state index contributed by atoms with van der Waals surface area (Å²) in [5.41, 5.74) is 1.62. The molecule has 0 saturated carbocycles. The minimum atomic E-state index is 0.457. The molecule has 0 amide bonds. The smallest absolute Gasteiger partial charge is 0.138 e. The number of nitrogens with one attached hydrogen (secondary N) is 1. The number of aromatic nitrogens is 2. The fourth-order valence-electron chi connectivity index (χ4n) is 1.69. The molecule has 0 radical (unpaired) electrons. The Bertz CT molecular complexity index is 632. The molecular formula is C14H15Cl2N3O. The van der Waals surface area contributed by atoms with Gasteiger partial charge < -0.3 is 10.1 Å². The molecule has 0 bridgehead atoms. The minimum Gasteiger partial charge on any atom is -0.495 e. The molecule has 0 aliphatic carbocycles. The Morgan fingerprint density at radius 2 is 2.00 bits per heavy atom. The van der Waals surface area contributed by atoms with Crippen LogP contribution < -0.4 is 10.1 Å². The molecular weight excluding hydrogens is 297 g/mol. The molecule has 0 unspecified atom stereocenters. The predicted octanol–water partition coefficient (Wildman–Crippen LogP) is 4.41. The summed E-state index contributed by atoms with van der Waals surface area (Å²) in [6, 6.07) is 5.44. The quantitative estimate of drug-likeness (QED) is 0.850. The van der Waals surface area contributed by atoms with Crippen LogP contribution in [0.1, 0.15) is 18.3 Å². The molecule has 0 aliphatic rings. The van der Waals surface area contributed by atoms with E-state index in [9.17, 15) is 0 Å². The lowest BCUT2D eigenvalue weighted by Crippen LogP contribution is -2.03. The summed E-state index contributed by atoms with van der Waals surface area (Å²) in [5, 5.41) is 4.20. The Morgan fingerprint density at radius 3 is 2.60 bits per heavy atom. The van der Waals surface area contributed by atoms with Crippen molar-refractivity contribution >= 4 is 34.7 Å². The van der Waals surface area contributed by atoms with Gasteiger partial charge in [0.25, 0.3) is 0 Å². The Kier molecular flexibility index (Phi) is 4.68. The van der Waals surface area contributed by atoms with Gasteiger partial charge in [-0.1, -0.05) is 30.1 Å². The van der Waals surface area contributed by atoms with Gasteiger partial charge in [0.15, 0.2) is 0 Å². The third-order valence-electron chi connectivity index (χ3n) is 2.86. The Labute approximate surface area is 128 Å². The van der Waals surface area contributed by atoms with Gasteiger partial charge in [-0.05, 0) is 25.1 Å². The number of hydrogen-bond acceptors (Lipinski definition) is 4. The molecule has 2 rings (SSSR count). The molecule has 0 saturated heterocycles. The van der Waals surface area contributed by atoms with Crippen molar-refractivity contribution < 1.29 is 4.74 Å². The van der Waals surface area contributed by atoms with Crippen molar-refractivity contribution in [3.63, 3.8) is 0 Å². The van der Waals surface area contributed by atoms with E-state index in [-0.39, 0.29) is 0 Å². The van der Waals surface area contributed by atoms with Crippen molar-refractivity contribution in [3.05, 3.63) is 39.8 Å². The number of hydrogen-bond donors (Lipinski definition) is 1. The number of benzene rings is 1. The molecule has 20 heavy (non-hydrogen) atoms. The van der Waals surface area contributed by atoms with Crippen LogP contribution >= 0.6 is 23.2 Å². The average molecular weight is 312 g/mol. The number of nitrogens with zero attached hydrogens (tertiary/aromatic N) is 2. The number of ether oxygens (including phenoxy) is 1. The highest BCUT2D eigenvalue weighted by molar-refractivity contribution is 6.32. The largest absolute Gasteiger partial charge is 0.495 e. The molecule has 0 atom stereocenters. The number of methoxy groups -OCH3 is 1. The van der Waals surface area contributed by atoms with Gasteiger partial charge in [-0.2, -0.15) is 0 Å². The van der Waals surface area contributed by atoms with Crippen LogP contribution in [0.3, 0.4) is 0 Å². The fourth-order valence-corrected chi connectivity index (χ4v) is 2.14. The fraction of sp³-hybridized carbons (Fsp3) is 0.286. The van der Waals surface area contributed by atoms with Gasteiger partial charge in [0.05, 0.1) is 12.1 Å². The lowest BCUT2D eigenvalue weighted by atomic mass is 10.2. The molecule has 106 valence electrons. The first-order valence-corrected chi connectivity index (χ1v) is 6.94. The summed E-state index contributed by atoms with van der Waals surface area (Å²) in [7, 11) is 1.58. The molecule has 6 heteroatoms. The number of halogens is 2. The van der Waals surface area contributed by atoms with Gasteiger partial charge in [-0.3, -0.25) is 0 Å². The summed E-state index contributed by atoms with van der Waals surface area (Å²) in [6.45, 7) is 3.85. The van der Waals surface area contributed by atoms with Crippen LogP contribution in [0.2, 0.25) is 10.2 Å². The SMILES string of the molecule is CCc1nc(Cl)c(C)c(Nc2ccc(OC)c(Cl)c2)n1. The maximum atomic E-state index is 6.11. The van der Waals surface area contributed by atoms with E-state index in [1.165, 1.54) is 0 Å². The molecule has 2 aromatic rings. The van der Waals surface area contributed by atoms with Gasteiger partial charge in [-0.15, -0.1) is 0 Å². The monoisotopic (exact) mass is 311 g/mol. The van der Waals surface area contributed by atoms with E-state index in [4.69, 9.17) is 27.9 Å². The van der Waals surface area contributed by atoms with Crippen molar-refractivity contribution in [2.24, 2.45) is 0 Å². The molecule has 1 heterocycles. The number of anilines is 2. The maximum Gasteiger partial charge on any atom is 0.138 e. The van der Waals surface area contributed by atoms with E-state index < -0.39 is 0 Å². The molecule has 0 fully saturated rings. The highest BCUT2D eigenvalue weighted by Gasteiger charge is 2.10. The first-order valence-electron chi connectivity index (χ1n) is 6.18. The lowest BCUT2D eigenvalue weighted by molar-refractivity contribution is 0.415. The predicted molar refractivity (Wildman–Crippen MR) is 82.4 cm³/mol. The maximum absolute atomic E-state index is 6.11. The highest BCUT2D eigenvalue weighted by atomic mass is 35.5. The summed E-state index contributed by atoms with van der Waals surface area (Å²) in [5.74, 6) is 2.01. The second-order valence-corrected chi connectivity index (χ2v) is 5.00. The topological polar surface area (TPSA) is 47.0 Å². The van der Waals surface area contributed by atoms with Crippen molar-refractivity contribution in [2.75, 3.05) is 12.4 Å². The molecule has 0 aliphatic heterocycles. The normalized spacial score (nSPS) is 10.4. The first kappa shape index (κ1) is 14.9. The van der Waals surface area contributed by atoms with Crippen LogP contribution in [0.15, 0.2) is 18.2 Å². The molecule has 1 aromatic carbocycles. The lowest BCUT2D eigenvalue weighted by Gasteiger charge is -2.12. The van der Waals surface area contributed by atoms with Crippen molar-refractivity contribution in [2.45, 2.75) is 20.3 Å². The summed E-state index contributed by atoms with van der Waals surface area (Å²) >= 11 is 12.2. The van der Waals surface area contributed by atoms with E-state index >= 15 is 0 Å². The van der Waals surface area contributed by atoms with Crippen LogP contribution in [0.25, 0.3) is 0 Å². The highest BCUT2D eigenvalue weighted by Crippen LogP contribution is 2.30. The number of rotatable bonds is 4. The molecule has 1 aromatic heterocycles. The van der Waals surface area contributed by atoms with Gasteiger partial charge in [0.1, 0.15) is 22.5 Å². The van der Waals surface area contributed by atoms with E-state index in [0.717, 1.165) is 17.7 Å². The van der Waals surface area contributed by atoms with Crippen molar-refractivity contribution in [3.8, 4) is 5.75 Å². The Hall–Kier alpha value is -1.52. The first-order chi connectivity index (χ1) is 9.55. The van der Waals surface area contributed by atoms with Crippen LogP contribution in [0.4, 0.5) is 11.5 Å². The van der Waals surface area contributed by atoms with Crippen molar-refractivity contribution in [1.29, 1.82) is 0 Å². The summed E-state index contributed by atoms with van der Waals surface area (Å²) in [6.07, 6.45) is 0.720. The van der Waals surface area contributed by atoms with Gasteiger partial charge in [0, 0.05) is 17.7 Å². The zero-order valence-corrected chi connectivity index (χ0v) is 13.0. The number of aryl methyl sites for hydroxylation is 1. The van der Waals surface area contributed by atoms with Gasteiger partial charge >= 0.3 is 0 Å². The van der Waals surface area contributed by atoms with Crippen LogP contribution in [0, 0.1) is 6.92 Å². The molecule has 1 N–H and O–H groups in total. The molecule has 0 spiro atoms. The average Bonchev–Trinajstić information content (AvgIpc) is 2.43. The second-order valence-electron chi connectivity index (χ2n) is 4.23. The van der Waals surface area contributed by atoms with E-state index in [1.54, 1.807) is 19.2 Å². The van der Waals surface area contributed by atoms with Crippen LogP contribution in [-0.2, 0) is 6.42 Å². The third-order valence-corrected chi connectivity index (χ3v) is 3.53. The summed E-state index contributed by atoms with van der Waals surface area (Å²) < 4.78 is 5.12.